The maximum absolute atomic E-state index is 12.8. The molecule has 3 aromatic rings. The van der Waals surface area contributed by atoms with Crippen molar-refractivity contribution in [3.63, 3.8) is 0 Å². The van der Waals surface area contributed by atoms with Crippen molar-refractivity contribution in [1.82, 2.24) is 0 Å². The molecule has 0 saturated carbocycles. The van der Waals surface area contributed by atoms with E-state index in [1.807, 2.05) is 6.07 Å². The summed E-state index contributed by atoms with van der Waals surface area (Å²) in [7, 11) is -4.57. The Morgan fingerprint density at radius 1 is 1.06 bits per heavy atom. The average Bonchev–Trinajstić information content (AvgIpc) is 3.00. The summed E-state index contributed by atoms with van der Waals surface area (Å²) in [6, 6.07) is 15.0. The fourth-order valence-corrected chi connectivity index (χ4v) is 3.91. The number of hydrazone groups is 1. The first kappa shape index (κ1) is 26.2. The summed E-state index contributed by atoms with van der Waals surface area (Å²) in [5.41, 5.74) is 0.994. The van der Waals surface area contributed by atoms with Gasteiger partial charge in [0, 0.05) is 34.2 Å². The number of carbonyl (C=O) groups is 1. The van der Waals surface area contributed by atoms with Crippen LogP contribution < -0.4 is 34.6 Å². The van der Waals surface area contributed by atoms with E-state index in [1.54, 1.807) is 43.3 Å². The first-order chi connectivity index (χ1) is 14.3. The molecule has 3 aromatic carbocycles. The van der Waals surface area contributed by atoms with Crippen molar-refractivity contribution in [3.8, 4) is 5.75 Å². The number of rotatable bonds is 4. The quantitative estimate of drug-likeness (QED) is 0.311. The normalized spacial score (nSPS) is 16.1. The van der Waals surface area contributed by atoms with Gasteiger partial charge in [0.1, 0.15) is 16.3 Å². The molecular weight excluding hydrogens is 483 g/mol. The number of anilines is 1. The summed E-state index contributed by atoms with van der Waals surface area (Å²) in [5.74, 6) is -0.897. The first-order valence-electron chi connectivity index (χ1n) is 8.84. The van der Waals surface area contributed by atoms with Gasteiger partial charge in [-0.05, 0) is 19.1 Å². The van der Waals surface area contributed by atoms with E-state index in [2.05, 4.69) is 15.3 Å². The first-order valence-corrected chi connectivity index (χ1v) is 10.3. The molecule has 1 aliphatic rings. The minimum Gasteiger partial charge on any atom is -1.00 e. The zero-order valence-corrected chi connectivity index (χ0v) is 21.2. The predicted octanol–water partition coefficient (Wildman–Crippen LogP) is 0.781. The molecule has 0 fully saturated rings. The number of carbonyl (C=O) groups excluding carboxylic acids is 1. The second-order valence-corrected chi connectivity index (χ2v) is 8.00. The number of amides is 1. The number of nitrogens with zero attached hydrogens (tertiary/aromatic N) is 4. The minimum absolute atomic E-state index is 0. The minimum atomic E-state index is -4.57. The van der Waals surface area contributed by atoms with Crippen LogP contribution in [-0.2, 0) is 32.3 Å². The molecule has 1 aliphatic heterocycles. The van der Waals surface area contributed by atoms with Crippen molar-refractivity contribution in [2.24, 2.45) is 15.3 Å². The molecular formula is C20H17CrN4NaO5S. The van der Waals surface area contributed by atoms with Crippen molar-refractivity contribution in [3.05, 3.63) is 60.7 Å². The zero-order valence-electron chi connectivity index (χ0n) is 18.1. The van der Waals surface area contributed by atoms with Crippen LogP contribution in [0.25, 0.3) is 10.8 Å². The number of phenols is 1. The fraction of sp³-hybridized carbons (Fsp3) is 0.100. The number of hydrogen-bond donors (Lipinski definition) is 2. The van der Waals surface area contributed by atoms with E-state index >= 15 is 0 Å². The molecule has 1 heterocycles. The molecule has 160 valence electrons. The van der Waals surface area contributed by atoms with Crippen LogP contribution in [0.5, 0.6) is 5.75 Å². The molecule has 9 nitrogen and oxygen atoms in total. The molecule has 1 atom stereocenters. The molecule has 12 heteroatoms. The monoisotopic (exact) mass is 500 g/mol. The maximum Gasteiger partial charge on any atom is 1.00 e. The van der Waals surface area contributed by atoms with Gasteiger partial charge in [0.15, 0.2) is 6.04 Å². The smallest absolute Gasteiger partial charge is 1.00 e. The molecule has 0 aromatic heterocycles. The van der Waals surface area contributed by atoms with Gasteiger partial charge in [-0.15, -0.1) is 0 Å². The Labute approximate surface area is 218 Å². The Morgan fingerprint density at radius 3 is 2.28 bits per heavy atom. The molecule has 0 saturated heterocycles. The van der Waals surface area contributed by atoms with Crippen LogP contribution in [0, 0.1) is 0 Å². The van der Waals surface area contributed by atoms with Crippen molar-refractivity contribution in [1.29, 1.82) is 0 Å². The van der Waals surface area contributed by atoms with Gasteiger partial charge in [-0.2, -0.15) is 28.8 Å². The molecule has 0 radical (unpaired) electrons. The van der Waals surface area contributed by atoms with Gasteiger partial charge in [-0.3, -0.25) is 9.35 Å². The molecule has 0 bridgehead atoms. The summed E-state index contributed by atoms with van der Waals surface area (Å²) >= 11 is 0. The van der Waals surface area contributed by atoms with E-state index in [4.69, 9.17) is 0 Å². The largest absolute Gasteiger partial charge is 1.00 e. The Kier molecular flexibility index (Phi) is 8.36. The summed E-state index contributed by atoms with van der Waals surface area (Å²) in [6.45, 7) is 1.64. The van der Waals surface area contributed by atoms with Crippen molar-refractivity contribution in [2.75, 3.05) is 5.01 Å². The molecule has 0 spiro atoms. The summed E-state index contributed by atoms with van der Waals surface area (Å²) in [6.07, 6.45) is 0. The standard InChI is InChI=1S/C20H16N4O5S.Cr.Na.H/c1-12-18(20(26)24(23-12)13-7-3-2-4-8-13)21-22-19-15-10-6-5-9-14(15)17(11-16(19)25)30(27,28)29;;;/h2-11,18,25H,1H3,(H,27,28,29);;;/q;;+1;-1. The van der Waals surface area contributed by atoms with E-state index < -0.39 is 32.7 Å². The van der Waals surface area contributed by atoms with E-state index in [9.17, 15) is 22.9 Å². The summed E-state index contributed by atoms with van der Waals surface area (Å²) in [4.78, 5) is 12.3. The number of para-hydroxylation sites is 1. The van der Waals surface area contributed by atoms with Crippen LogP contribution >= 0.6 is 0 Å². The van der Waals surface area contributed by atoms with Crippen LogP contribution in [0.1, 0.15) is 8.35 Å². The van der Waals surface area contributed by atoms with E-state index in [0.717, 1.165) is 6.07 Å². The second-order valence-electron chi connectivity index (χ2n) is 6.61. The van der Waals surface area contributed by atoms with Crippen LogP contribution in [0.3, 0.4) is 0 Å². The molecule has 4 rings (SSSR count). The molecule has 32 heavy (non-hydrogen) atoms. The van der Waals surface area contributed by atoms with Gasteiger partial charge < -0.3 is 6.53 Å². The summed E-state index contributed by atoms with van der Waals surface area (Å²) < 4.78 is 32.8. The SMILES string of the molecule is CC1=NN(c2ccccc2)C(=O)C1N=Nc1c(O)cc(S(=O)(=O)O)c2ccccc12.[Cr].[H-].[Na+]. The van der Waals surface area contributed by atoms with Gasteiger partial charge in [-0.1, -0.05) is 42.5 Å². The van der Waals surface area contributed by atoms with Crippen LogP contribution in [0.2, 0.25) is 0 Å². The summed E-state index contributed by atoms with van der Waals surface area (Å²) in [5, 5.41) is 24.3. The number of hydrogen-bond acceptors (Lipinski definition) is 7. The number of aromatic hydroxyl groups is 1. The van der Waals surface area contributed by atoms with Crippen LogP contribution in [-0.4, -0.2) is 35.7 Å². The molecule has 1 unspecified atom stereocenters. The van der Waals surface area contributed by atoms with Gasteiger partial charge in [0.05, 0.1) is 11.4 Å². The molecule has 2 N–H and O–H groups in total. The number of azo groups is 1. The topological polar surface area (TPSA) is 132 Å². The number of fused-ring (bicyclic) bond motifs is 1. The second kappa shape index (κ2) is 10.2. The van der Waals surface area contributed by atoms with Gasteiger partial charge in [-0.25, -0.2) is 0 Å². The van der Waals surface area contributed by atoms with Gasteiger partial charge in [0.25, 0.3) is 16.0 Å². The van der Waals surface area contributed by atoms with Crippen LogP contribution in [0.4, 0.5) is 11.4 Å². The van der Waals surface area contributed by atoms with Crippen LogP contribution in [0.15, 0.2) is 80.9 Å². The Balaban J connectivity index is 0.00000181. The van der Waals surface area contributed by atoms with E-state index in [0.29, 0.717) is 11.4 Å². The third-order valence-electron chi connectivity index (χ3n) is 4.61. The number of benzene rings is 3. The third-order valence-corrected chi connectivity index (χ3v) is 5.50. The van der Waals surface area contributed by atoms with Gasteiger partial charge in [0.2, 0.25) is 0 Å². The third kappa shape index (κ3) is 4.95. The Morgan fingerprint density at radius 2 is 1.66 bits per heavy atom. The van der Waals surface area contributed by atoms with Crippen molar-refractivity contribution >= 4 is 43.9 Å². The number of phenolic OH excluding ortho intramolecular Hbond substituents is 1. The van der Waals surface area contributed by atoms with Gasteiger partial charge >= 0.3 is 29.6 Å². The maximum atomic E-state index is 12.8. The van der Waals surface area contributed by atoms with E-state index in [-0.39, 0.29) is 64.8 Å². The van der Waals surface area contributed by atoms with Crippen molar-refractivity contribution in [2.45, 2.75) is 17.9 Å². The average molecular weight is 500 g/mol. The zero-order chi connectivity index (χ0) is 21.5. The molecule has 0 aliphatic carbocycles. The Bertz CT molecular complexity index is 1340. The fourth-order valence-electron chi connectivity index (χ4n) is 3.19. The Hall–Kier alpha value is -2.10. The van der Waals surface area contributed by atoms with Crippen molar-refractivity contribution < 1.29 is 71.2 Å². The van der Waals surface area contributed by atoms with E-state index in [1.165, 1.54) is 17.1 Å². The molecule has 1 amide bonds. The predicted molar refractivity (Wildman–Crippen MR) is 112 cm³/mol.